The largest absolute Gasteiger partial charge is 0.573 e. The van der Waals surface area contributed by atoms with Crippen molar-refractivity contribution in [2.24, 2.45) is 0 Å². The van der Waals surface area contributed by atoms with Crippen LogP contribution >= 0.6 is 0 Å². The van der Waals surface area contributed by atoms with E-state index in [1.807, 2.05) is 0 Å². The summed E-state index contributed by atoms with van der Waals surface area (Å²) in [5, 5.41) is 0. The number of alkyl halides is 3. The first-order chi connectivity index (χ1) is 7.51. The van der Waals surface area contributed by atoms with Gasteiger partial charge < -0.3 is 9.47 Å². The van der Waals surface area contributed by atoms with Crippen LogP contribution in [0.15, 0.2) is 30.3 Å². The monoisotopic (exact) mass is 231 g/mol. The molecule has 2 nitrogen and oxygen atoms in total. The highest BCUT2D eigenvalue weighted by molar-refractivity contribution is 5.51. The molecule has 1 rings (SSSR count). The molecule has 0 aliphatic rings. The lowest BCUT2D eigenvalue weighted by molar-refractivity contribution is -0.274. The minimum absolute atomic E-state index is 0.245. The molecule has 0 amide bonds. The molecule has 0 aliphatic heterocycles. The van der Waals surface area contributed by atoms with Gasteiger partial charge in [-0.25, -0.2) is 0 Å². The fourth-order valence-electron chi connectivity index (χ4n) is 1.07. The Balaban J connectivity index is 2.71. The number of hydrogen-bond donors (Lipinski definition) is 0. The normalized spacial score (nSPS) is 12.0. The summed E-state index contributed by atoms with van der Waals surface area (Å²) in [6.45, 7) is 0.296. The molecule has 1 aromatic carbocycles. The van der Waals surface area contributed by atoms with Crippen molar-refractivity contribution in [3.63, 3.8) is 0 Å². The zero-order valence-electron chi connectivity index (χ0n) is 8.33. The Hall–Kier alpha value is -1.49. The molecule has 1 aromatic rings. The Morgan fingerprint density at radius 2 is 2.06 bits per heavy atom. The van der Waals surface area contributed by atoms with E-state index in [9.17, 15) is 13.2 Å². The van der Waals surface area contributed by atoms with E-state index in [4.69, 9.17) is 0 Å². The molecule has 0 N–H and O–H groups in total. The Bertz CT molecular complexity index is 358. The van der Waals surface area contributed by atoms with Gasteiger partial charge in [0, 0.05) is 0 Å². The van der Waals surface area contributed by atoms with E-state index in [0.29, 0.717) is 12.2 Å². The van der Waals surface area contributed by atoms with Gasteiger partial charge in [0.1, 0.15) is 5.75 Å². The molecule has 0 heterocycles. The van der Waals surface area contributed by atoms with E-state index in [2.05, 4.69) is 16.6 Å². The van der Waals surface area contributed by atoms with Gasteiger partial charge >= 0.3 is 6.36 Å². The van der Waals surface area contributed by atoms with Crippen molar-refractivity contribution in [1.29, 1.82) is 0 Å². The van der Waals surface area contributed by atoms with Crippen LogP contribution in [-0.4, -0.2) is 13.0 Å². The molecule has 0 unspecified atom stereocenters. The van der Waals surface area contributed by atoms with Crippen molar-refractivity contribution in [1.82, 2.24) is 0 Å². The molecule has 0 aromatic heterocycles. The maximum absolute atomic E-state index is 11.9. The average Bonchev–Trinajstić information content (AvgIpc) is 2.16. The zero-order chi connectivity index (χ0) is 12.0. The summed E-state index contributed by atoms with van der Waals surface area (Å²) in [7, 11) is 3.16. The Morgan fingerprint density at radius 1 is 1.31 bits per heavy atom. The van der Waals surface area contributed by atoms with Crippen molar-refractivity contribution in [2.75, 3.05) is 6.61 Å². The van der Waals surface area contributed by atoms with Crippen LogP contribution in [0.2, 0.25) is 0 Å². The van der Waals surface area contributed by atoms with Gasteiger partial charge in [0.05, 0.1) is 13.7 Å². The van der Waals surface area contributed by atoms with Crippen molar-refractivity contribution in [3.05, 3.63) is 43.0 Å². The van der Waals surface area contributed by atoms with Crippen LogP contribution in [0.4, 0.5) is 13.2 Å². The van der Waals surface area contributed by atoms with Crippen molar-refractivity contribution in [2.45, 2.75) is 6.36 Å². The van der Waals surface area contributed by atoms with Crippen molar-refractivity contribution in [3.8, 4) is 5.75 Å². The van der Waals surface area contributed by atoms with E-state index in [-0.39, 0.29) is 5.75 Å². The third-order valence-electron chi connectivity index (χ3n) is 1.62. The SMILES string of the molecule is [CH2]OC/C=C/c1cccc(OC(F)(F)F)c1. The lowest BCUT2D eigenvalue weighted by atomic mass is 10.2. The Kier molecular flexibility index (Phi) is 4.37. The molecule has 1 radical (unpaired) electrons. The summed E-state index contributed by atoms with van der Waals surface area (Å²) in [6.07, 6.45) is -1.41. The van der Waals surface area contributed by atoms with Crippen LogP contribution in [0.1, 0.15) is 5.56 Å². The first-order valence-corrected chi connectivity index (χ1v) is 4.40. The molecular formula is C11H10F3O2. The van der Waals surface area contributed by atoms with E-state index in [0.717, 1.165) is 0 Å². The van der Waals surface area contributed by atoms with Gasteiger partial charge in [-0.1, -0.05) is 24.3 Å². The van der Waals surface area contributed by atoms with E-state index in [1.54, 1.807) is 18.2 Å². The number of rotatable bonds is 4. The van der Waals surface area contributed by atoms with Crippen LogP contribution in [0.3, 0.4) is 0 Å². The predicted octanol–water partition coefficient (Wildman–Crippen LogP) is 3.41. The predicted molar refractivity (Wildman–Crippen MR) is 53.5 cm³/mol. The third kappa shape index (κ3) is 4.84. The fraction of sp³-hybridized carbons (Fsp3) is 0.182. The maximum atomic E-state index is 11.9. The molecule has 0 saturated heterocycles. The fourth-order valence-corrected chi connectivity index (χ4v) is 1.07. The van der Waals surface area contributed by atoms with Gasteiger partial charge in [0.25, 0.3) is 0 Å². The molecule has 0 bridgehead atoms. The number of benzene rings is 1. The molecule has 0 saturated carbocycles. The highest BCUT2D eigenvalue weighted by atomic mass is 19.4. The van der Waals surface area contributed by atoms with Gasteiger partial charge in [-0.05, 0) is 17.7 Å². The molecule has 0 atom stereocenters. The van der Waals surface area contributed by atoms with E-state index >= 15 is 0 Å². The van der Waals surface area contributed by atoms with E-state index in [1.165, 1.54) is 18.2 Å². The smallest absolute Gasteiger partial charge is 0.406 e. The van der Waals surface area contributed by atoms with E-state index < -0.39 is 6.36 Å². The minimum atomic E-state index is -4.67. The van der Waals surface area contributed by atoms with Gasteiger partial charge in [0.2, 0.25) is 0 Å². The van der Waals surface area contributed by atoms with Crippen LogP contribution in [-0.2, 0) is 4.74 Å². The summed E-state index contributed by atoms with van der Waals surface area (Å²) in [5.41, 5.74) is 0.596. The first-order valence-electron chi connectivity index (χ1n) is 4.40. The molecular weight excluding hydrogens is 221 g/mol. The second kappa shape index (κ2) is 5.55. The zero-order valence-corrected chi connectivity index (χ0v) is 8.33. The van der Waals surface area contributed by atoms with Crippen molar-refractivity contribution < 1.29 is 22.6 Å². The van der Waals surface area contributed by atoms with Crippen LogP contribution in [0.5, 0.6) is 5.75 Å². The molecule has 16 heavy (non-hydrogen) atoms. The van der Waals surface area contributed by atoms with Gasteiger partial charge in [0.15, 0.2) is 0 Å². The topological polar surface area (TPSA) is 18.5 Å². The summed E-state index contributed by atoms with van der Waals surface area (Å²) in [5.74, 6) is -0.245. The molecule has 87 valence electrons. The summed E-state index contributed by atoms with van der Waals surface area (Å²) >= 11 is 0. The standard InChI is InChI=1S/C11H10F3O2/c1-15-7-3-5-9-4-2-6-10(8-9)16-11(12,13)14/h2-6,8H,1,7H2/b5-3+. The molecule has 0 aliphatic carbocycles. The molecule has 0 fully saturated rings. The molecule has 5 heteroatoms. The maximum Gasteiger partial charge on any atom is 0.573 e. The minimum Gasteiger partial charge on any atom is -0.406 e. The van der Waals surface area contributed by atoms with Crippen LogP contribution in [0, 0.1) is 7.11 Å². The second-order valence-electron chi connectivity index (χ2n) is 2.89. The average molecular weight is 231 g/mol. The first kappa shape index (κ1) is 12.6. The number of ether oxygens (including phenoxy) is 2. The van der Waals surface area contributed by atoms with Crippen LogP contribution in [0.25, 0.3) is 6.08 Å². The number of hydrogen-bond acceptors (Lipinski definition) is 2. The highest BCUT2D eigenvalue weighted by Gasteiger charge is 2.30. The summed E-state index contributed by atoms with van der Waals surface area (Å²) in [6, 6.07) is 5.66. The summed E-state index contributed by atoms with van der Waals surface area (Å²) in [4.78, 5) is 0. The summed E-state index contributed by atoms with van der Waals surface area (Å²) < 4.78 is 44.0. The number of halogens is 3. The van der Waals surface area contributed by atoms with Crippen molar-refractivity contribution >= 4 is 6.08 Å². The quantitative estimate of drug-likeness (QED) is 0.790. The Morgan fingerprint density at radius 3 is 2.69 bits per heavy atom. The third-order valence-corrected chi connectivity index (χ3v) is 1.62. The molecule has 0 spiro atoms. The highest BCUT2D eigenvalue weighted by Crippen LogP contribution is 2.23. The lowest BCUT2D eigenvalue weighted by Crippen LogP contribution is -2.17. The van der Waals surface area contributed by atoms with Crippen LogP contribution < -0.4 is 4.74 Å². The van der Waals surface area contributed by atoms with Gasteiger partial charge in [-0.15, -0.1) is 13.2 Å². The lowest BCUT2D eigenvalue weighted by Gasteiger charge is -2.08. The van der Waals surface area contributed by atoms with Gasteiger partial charge in [-0.3, -0.25) is 0 Å². The van der Waals surface area contributed by atoms with Gasteiger partial charge in [-0.2, -0.15) is 0 Å². The second-order valence-corrected chi connectivity index (χ2v) is 2.89. The Labute approximate surface area is 91.3 Å².